The summed E-state index contributed by atoms with van der Waals surface area (Å²) < 4.78 is 19.9. The van der Waals surface area contributed by atoms with Crippen molar-refractivity contribution in [3.05, 3.63) is 0 Å². The summed E-state index contributed by atoms with van der Waals surface area (Å²) in [5.41, 5.74) is 0. The molecule has 0 radical (unpaired) electrons. The molecule has 3 nitrogen and oxygen atoms in total. The smallest absolute Gasteiger partial charge is 0.242 e. The third-order valence-electron chi connectivity index (χ3n) is 0.560. The van der Waals surface area contributed by atoms with E-state index in [1.165, 1.54) is 14.2 Å². The zero-order valence-corrected chi connectivity index (χ0v) is 4.26. The molecule has 0 aromatic heterocycles. The molecule has 0 rings (SSSR count). The molecule has 0 fully saturated rings. The van der Waals surface area contributed by atoms with Crippen molar-refractivity contribution in [2.45, 2.75) is 6.85 Å². The van der Waals surface area contributed by atoms with Crippen LogP contribution in [0.3, 0.4) is 0 Å². The Kier molecular flexibility index (Phi) is 0.982. The van der Waals surface area contributed by atoms with E-state index in [2.05, 4.69) is 4.84 Å². The van der Waals surface area contributed by atoms with Gasteiger partial charge in [0.1, 0.15) is 0 Å². The molecule has 0 bridgehead atoms. The monoisotopic (exact) mass is 106 g/mol. The van der Waals surface area contributed by atoms with Crippen LogP contribution in [-0.2, 0) is 9.63 Å². The van der Waals surface area contributed by atoms with Gasteiger partial charge in [0, 0.05) is 18.0 Å². The highest BCUT2D eigenvalue weighted by atomic mass is 16.7. The number of nitrogens with zero attached hydrogens (tertiary/aromatic N) is 1. The first-order valence-electron chi connectivity index (χ1n) is 3.22. The molecule has 1 amide bonds. The second-order valence-electron chi connectivity index (χ2n) is 0.985. The lowest BCUT2D eigenvalue weighted by Crippen LogP contribution is -2.21. The van der Waals surface area contributed by atoms with E-state index >= 15 is 0 Å². The van der Waals surface area contributed by atoms with Crippen LogP contribution in [0.15, 0.2) is 0 Å². The fourth-order valence-electron chi connectivity index (χ4n) is 0.0829. The van der Waals surface area contributed by atoms with Crippen molar-refractivity contribution >= 4 is 5.91 Å². The van der Waals surface area contributed by atoms with Crippen LogP contribution in [0, 0.1) is 0 Å². The van der Waals surface area contributed by atoms with Gasteiger partial charge in [0.05, 0.1) is 7.11 Å². The lowest BCUT2D eigenvalue weighted by atomic mass is 10.7. The molecule has 0 aromatic carbocycles. The Hall–Kier alpha value is -0.570. The van der Waals surface area contributed by atoms with E-state index in [4.69, 9.17) is 4.11 Å². The standard InChI is InChI=1S/C4H9NO2/c1-4(6)5(2)7-3/h1-3H3/i1D3. The normalized spacial score (nSPS) is 16.6. The van der Waals surface area contributed by atoms with E-state index in [0.29, 0.717) is 5.06 Å². The summed E-state index contributed by atoms with van der Waals surface area (Å²) in [4.78, 5) is 15.0. The Morgan fingerprint density at radius 2 is 2.57 bits per heavy atom. The molecule has 0 aromatic rings. The van der Waals surface area contributed by atoms with Gasteiger partial charge in [-0.25, -0.2) is 5.06 Å². The largest absolute Gasteiger partial charge is 0.275 e. The topological polar surface area (TPSA) is 29.5 Å². The number of rotatable bonds is 1. The van der Waals surface area contributed by atoms with E-state index in [1.807, 2.05) is 0 Å². The van der Waals surface area contributed by atoms with Gasteiger partial charge in [-0.2, -0.15) is 0 Å². The quantitative estimate of drug-likeness (QED) is 0.441. The number of hydrogen-bond donors (Lipinski definition) is 0. The van der Waals surface area contributed by atoms with Crippen molar-refractivity contribution < 1.29 is 13.7 Å². The Morgan fingerprint density at radius 1 is 2.00 bits per heavy atom. The highest BCUT2D eigenvalue weighted by Gasteiger charge is 1.94. The summed E-state index contributed by atoms with van der Waals surface area (Å²) in [5, 5.41) is 0.674. The maximum atomic E-state index is 10.6. The van der Waals surface area contributed by atoms with Crippen LogP contribution >= 0.6 is 0 Å². The minimum Gasteiger partial charge on any atom is -0.275 e. The number of hydroxylamine groups is 2. The molecule has 42 valence electrons. The molecule has 7 heavy (non-hydrogen) atoms. The molecule has 0 spiro atoms. The Bertz CT molecular complexity index is 133. The van der Waals surface area contributed by atoms with E-state index in [-0.39, 0.29) is 0 Å². The minimum absolute atomic E-state index is 0.674. The average molecular weight is 106 g/mol. The van der Waals surface area contributed by atoms with Crippen LogP contribution < -0.4 is 0 Å². The molecule has 0 saturated carbocycles. The van der Waals surface area contributed by atoms with E-state index in [1.54, 1.807) is 0 Å². The molecular weight excluding hydrogens is 94.0 g/mol. The molecule has 0 N–H and O–H groups in total. The van der Waals surface area contributed by atoms with Gasteiger partial charge in [-0.1, -0.05) is 0 Å². The van der Waals surface area contributed by atoms with Crippen molar-refractivity contribution in [3.8, 4) is 0 Å². The molecule has 0 atom stereocenters. The highest BCUT2D eigenvalue weighted by molar-refractivity contribution is 5.71. The van der Waals surface area contributed by atoms with Gasteiger partial charge in [-0.15, -0.1) is 0 Å². The third kappa shape index (κ3) is 2.17. The van der Waals surface area contributed by atoms with Crippen LogP contribution in [-0.4, -0.2) is 25.1 Å². The van der Waals surface area contributed by atoms with Crippen molar-refractivity contribution in [1.82, 2.24) is 5.06 Å². The first-order valence-corrected chi connectivity index (χ1v) is 1.72. The summed E-state index contributed by atoms with van der Waals surface area (Å²) >= 11 is 0. The molecule has 3 heteroatoms. The van der Waals surface area contributed by atoms with Crippen molar-refractivity contribution in [3.63, 3.8) is 0 Å². The summed E-state index contributed by atoms with van der Waals surface area (Å²) in [6, 6.07) is 0. The van der Waals surface area contributed by atoms with Gasteiger partial charge in [-0.3, -0.25) is 9.63 Å². The predicted molar refractivity (Wildman–Crippen MR) is 25.5 cm³/mol. The van der Waals surface area contributed by atoms with Gasteiger partial charge in [0.15, 0.2) is 0 Å². The summed E-state index contributed by atoms with van der Waals surface area (Å²) in [6.07, 6.45) is 0. The van der Waals surface area contributed by atoms with Gasteiger partial charge in [-0.05, 0) is 0 Å². The Labute approximate surface area is 47.0 Å². The molecule has 0 aliphatic carbocycles. The second kappa shape index (κ2) is 2.58. The molecule has 0 saturated heterocycles. The first kappa shape index (κ1) is 2.67. The second-order valence-corrected chi connectivity index (χ2v) is 0.985. The molecule has 0 aliphatic rings. The van der Waals surface area contributed by atoms with Crippen LogP contribution in [0.1, 0.15) is 11.0 Å². The minimum atomic E-state index is -2.61. The van der Waals surface area contributed by atoms with Crippen LogP contribution in [0.4, 0.5) is 0 Å². The molecule has 0 aliphatic heterocycles. The SMILES string of the molecule is [2H]C([2H])([2H])C(=O)N(C)OC. The van der Waals surface area contributed by atoms with Crippen molar-refractivity contribution in [1.29, 1.82) is 0 Å². The zero-order valence-electron chi connectivity index (χ0n) is 7.26. The predicted octanol–water partition coefficient (Wildman–Crippen LogP) is 0.0261. The number of carbonyl (C=O) groups is 1. The van der Waals surface area contributed by atoms with E-state index < -0.39 is 12.8 Å². The third-order valence-corrected chi connectivity index (χ3v) is 0.560. The lowest BCUT2D eigenvalue weighted by molar-refractivity contribution is -0.165. The summed E-state index contributed by atoms with van der Waals surface area (Å²) in [7, 11) is 2.47. The van der Waals surface area contributed by atoms with Gasteiger partial charge in [0.2, 0.25) is 5.91 Å². The Balaban J connectivity index is 4.09. The first-order chi connectivity index (χ1) is 4.39. The van der Waals surface area contributed by atoms with Gasteiger partial charge >= 0.3 is 0 Å². The highest BCUT2D eigenvalue weighted by Crippen LogP contribution is 1.78. The zero-order chi connectivity index (χ0) is 8.36. The number of amides is 1. The van der Waals surface area contributed by atoms with Crippen molar-refractivity contribution in [2.75, 3.05) is 14.2 Å². The number of carbonyl (C=O) groups excluding carboxylic acids is 1. The van der Waals surface area contributed by atoms with E-state index in [0.717, 1.165) is 0 Å². The van der Waals surface area contributed by atoms with E-state index in [9.17, 15) is 4.79 Å². The van der Waals surface area contributed by atoms with Crippen molar-refractivity contribution in [2.24, 2.45) is 0 Å². The van der Waals surface area contributed by atoms with Gasteiger partial charge < -0.3 is 0 Å². The van der Waals surface area contributed by atoms with Gasteiger partial charge in [0.25, 0.3) is 0 Å². The molecule has 0 heterocycles. The number of hydrogen-bond acceptors (Lipinski definition) is 2. The summed E-state index contributed by atoms with van der Waals surface area (Å²) in [6.45, 7) is -2.61. The fourth-order valence-corrected chi connectivity index (χ4v) is 0.0829. The maximum absolute atomic E-state index is 10.6. The van der Waals surface area contributed by atoms with Crippen LogP contribution in [0.2, 0.25) is 0 Å². The fraction of sp³-hybridized carbons (Fsp3) is 0.750. The Morgan fingerprint density at radius 3 is 2.71 bits per heavy atom. The average Bonchev–Trinajstić information content (AvgIpc) is 1.83. The molecule has 0 unspecified atom stereocenters. The maximum Gasteiger partial charge on any atom is 0.242 e. The summed E-state index contributed by atoms with van der Waals surface area (Å²) in [5.74, 6) is -1.02. The van der Waals surface area contributed by atoms with Crippen LogP contribution in [0.25, 0.3) is 0 Å². The lowest BCUT2D eigenvalue weighted by Gasteiger charge is -2.08. The molecular formula is C4H9NO2. The van der Waals surface area contributed by atoms with Crippen LogP contribution in [0.5, 0.6) is 0 Å².